The standard InChI is InChI=1S/C11H15NO2/c1-8-3-2-4-9(7-8)10(12)5-6-11(13)14/h2-4,7,10H,5-6,12H2,1H3,(H,13,14). The summed E-state index contributed by atoms with van der Waals surface area (Å²) >= 11 is 0. The molecule has 0 radical (unpaired) electrons. The number of hydrogen-bond donors (Lipinski definition) is 2. The van der Waals surface area contributed by atoms with Gasteiger partial charge in [0.1, 0.15) is 0 Å². The van der Waals surface area contributed by atoms with Gasteiger partial charge in [0.15, 0.2) is 0 Å². The quantitative estimate of drug-likeness (QED) is 0.767. The van der Waals surface area contributed by atoms with E-state index < -0.39 is 5.97 Å². The second-order valence-corrected chi connectivity index (χ2v) is 3.45. The van der Waals surface area contributed by atoms with Gasteiger partial charge in [0.2, 0.25) is 0 Å². The fourth-order valence-corrected chi connectivity index (χ4v) is 1.35. The van der Waals surface area contributed by atoms with Crippen LogP contribution in [0.3, 0.4) is 0 Å². The third-order valence-electron chi connectivity index (χ3n) is 2.14. The monoisotopic (exact) mass is 193 g/mol. The summed E-state index contributed by atoms with van der Waals surface area (Å²) in [5, 5.41) is 8.51. The largest absolute Gasteiger partial charge is 0.481 e. The highest BCUT2D eigenvalue weighted by atomic mass is 16.4. The van der Waals surface area contributed by atoms with E-state index in [9.17, 15) is 4.79 Å². The Kier molecular flexibility index (Phi) is 3.65. The van der Waals surface area contributed by atoms with Gasteiger partial charge in [-0.2, -0.15) is 0 Å². The molecule has 1 rings (SSSR count). The van der Waals surface area contributed by atoms with Gasteiger partial charge in [-0.05, 0) is 18.9 Å². The topological polar surface area (TPSA) is 63.3 Å². The van der Waals surface area contributed by atoms with Crippen molar-refractivity contribution in [2.75, 3.05) is 0 Å². The average molecular weight is 193 g/mol. The van der Waals surface area contributed by atoms with E-state index in [-0.39, 0.29) is 12.5 Å². The maximum absolute atomic E-state index is 10.3. The van der Waals surface area contributed by atoms with Crippen molar-refractivity contribution in [3.8, 4) is 0 Å². The molecule has 0 aliphatic rings. The van der Waals surface area contributed by atoms with Crippen molar-refractivity contribution in [1.82, 2.24) is 0 Å². The highest BCUT2D eigenvalue weighted by Gasteiger charge is 2.07. The van der Waals surface area contributed by atoms with Crippen LogP contribution in [0.15, 0.2) is 24.3 Å². The minimum absolute atomic E-state index is 0.120. The van der Waals surface area contributed by atoms with Gasteiger partial charge in [0.05, 0.1) is 0 Å². The zero-order chi connectivity index (χ0) is 10.6. The SMILES string of the molecule is Cc1cccc(C(N)CCC(=O)O)c1. The molecule has 0 aromatic heterocycles. The first-order chi connectivity index (χ1) is 6.59. The molecule has 0 aliphatic heterocycles. The van der Waals surface area contributed by atoms with Crippen LogP contribution in [0.4, 0.5) is 0 Å². The van der Waals surface area contributed by atoms with Crippen LogP contribution in [-0.2, 0) is 4.79 Å². The molecule has 1 aromatic rings. The fraction of sp³-hybridized carbons (Fsp3) is 0.364. The van der Waals surface area contributed by atoms with Crippen LogP contribution in [0.1, 0.15) is 30.0 Å². The lowest BCUT2D eigenvalue weighted by Crippen LogP contribution is -2.12. The Bertz CT molecular complexity index is 323. The molecule has 0 amide bonds. The molecule has 76 valence electrons. The zero-order valence-electron chi connectivity index (χ0n) is 8.23. The van der Waals surface area contributed by atoms with Gasteiger partial charge in [-0.15, -0.1) is 0 Å². The van der Waals surface area contributed by atoms with E-state index in [1.165, 1.54) is 0 Å². The molecular formula is C11H15NO2. The maximum atomic E-state index is 10.3. The summed E-state index contributed by atoms with van der Waals surface area (Å²) in [6.45, 7) is 1.99. The van der Waals surface area contributed by atoms with E-state index in [2.05, 4.69) is 0 Å². The van der Waals surface area contributed by atoms with E-state index in [1.54, 1.807) is 0 Å². The van der Waals surface area contributed by atoms with E-state index in [4.69, 9.17) is 10.8 Å². The predicted molar refractivity (Wildman–Crippen MR) is 55.0 cm³/mol. The highest BCUT2D eigenvalue weighted by molar-refractivity contribution is 5.66. The van der Waals surface area contributed by atoms with Crippen LogP contribution in [0.5, 0.6) is 0 Å². The molecule has 0 bridgehead atoms. The smallest absolute Gasteiger partial charge is 0.303 e. The van der Waals surface area contributed by atoms with E-state index in [1.807, 2.05) is 31.2 Å². The van der Waals surface area contributed by atoms with Gasteiger partial charge in [0.25, 0.3) is 0 Å². The number of rotatable bonds is 4. The highest BCUT2D eigenvalue weighted by Crippen LogP contribution is 2.16. The van der Waals surface area contributed by atoms with E-state index in [0.717, 1.165) is 11.1 Å². The van der Waals surface area contributed by atoms with Crippen molar-refractivity contribution in [2.45, 2.75) is 25.8 Å². The molecule has 1 unspecified atom stereocenters. The lowest BCUT2D eigenvalue weighted by atomic mass is 10.0. The van der Waals surface area contributed by atoms with Crippen molar-refractivity contribution < 1.29 is 9.90 Å². The molecule has 3 N–H and O–H groups in total. The summed E-state index contributed by atoms with van der Waals surface area (Å²) in [4.78, 5) is 10.3. The molecule has 3 nitrogen and oxygen atoms in total. The molecular weight excluding hydrogens is 178 g/mol. The molecule has 1 atom stereocenters. The third kappa shape index (κ3) is 3.18. The van der Waals surface area contributed by atoms with Crippen molar-refractivity contribution in [2.24, 2.45) is 5.73 Å². The van der Waals surface area contributed by atoms with Gasteiger partial charge in [0, 0.05) is 12.5 Å². The van der Waals surface area contributed by atoms with Crippen molar-refractivity contribution in [1.29, 1.82) is 0 Å². The fourth-order valence-electron chi connectivity index (χ4n) is 1.35. The number of carbonyl (C=O) groups is 1. The second kappa shape index (κ2) is 4.77. The summed E-state index contributed by atoms with van der Waals surface area (Å²) in [5.41, 5.74) is 8.00. The zero-order valence-corrected chi connectivity index (χ0v) is 8.23. The Hall–Kier alpha value is -1.35. The van der Waals surface area contributed by atoms with Gasteiger partial charge >= 0.3 is 5.97 Å². The van der Waals surface area contributed by atoms with Gasteiger partial charge in [-0.1, -0.05) is 29.8 Å². The first-order valence-electron chi connectivity index (χ1n) is 4.63. The van der Waals surface area contributed by atoms with Crippen LogP contribution in [0.25, 0.3) is 0 Å². The van der Waals surface area contributed by atoms with Crippen molar-refractivity contribution >= 4 is 5.97 Å². The molecule has 3 heteroatoms. The van der Waals surface area contributed by atoms with Crippen LogP contribution in [0.2, 0.25) is 0 Å². The number of benzene rings is 1. The van der Waals surface area contributed by atoms with E-state index in [0.29, 0.717) is 6.42 Å². The molecule has 0 fully saturated rings. The number of nitrogens with two attached hydrogens (primary N) is 1. The summed E-state index contributed by atoms with van der Waals surface area (Å²) in [7, 11) is 0. The van der Waals surface area contributed by atoms with Gasteiger partial charge in [-0.3, -0.25) is 4.79 Å². The van der Waals surface area contributed by atoms with Crippen LogP contribution >= 0.6 is 0 Å². The van der Waals surface area contributed by atoms with Gasteiger partial charge < -0.3 is 10.8 Å². The molecule has 0 heterocycles. The molecule has 0 spiro atoms. The number of aryl methyl sites for hydroxylation is 1. The van der Waals surface area contributed by atoms with Crippen molar-refractivity contribution in [3.05, 3.63) is 35.4 Å². The van der Waals surface area contributed by atoms with Crippen LogP contribution in [-0.4, -0.2) is 11.1 Å². The maximum Gasteiger partial charge on any atom is 0.303 e. The first kappa shape index (κ1) is 10.7. The number of hydrogen-bond acceptors (Lipinski definition) is 2. The van der Waals surface area contributed by atoms with Crippen LogP contribution in [0, 0.1) is 6.92 Å². The molecule has 0 saturated carbocycles. The Balaban J connectivity index is 2.60. The number of carboxylic acid groups (broad SMARTS) is 1. The third-order valence-corrected chi connectivity index (χ3v) is 2.14. The molecule has 1 aromatic carbocycles. The first-order valence-corrected chi connectivity index (χ1v) is 4.63. The summed E-state index contributed by atoms with van der Waals surface area (Å²) in [6.07, 6.45) is 0.605. The summed E-state index contributed by atoms with van der Waals surface area (Å²) in [6, 6.07) is 7.68. The van der Waals surface area contributed by atoms with E-state index >= 15 is 0 Å². The van der Waals surface area contributed by atoms with Gasteiger partial charge in [-0.25, -0.2) is 0 Å². The predicted octanol–water partition coefficient (Wildman–Crippen LogP) is 1.86. The molecule has 0 saturated heterocycles. The van der Waals surface area contributed by atoms with Crippen LogP contribution < -0.4 is 5.73 Å². The molecule has 14 heavy (non-hydrogen) atoms. The minimum Gasteiger partial charge on any atom is -0.481 e. The second-order valence-electron chi connectivity index (χ2n) is 3.45. The lowest BCUT2D eigenvalue weighted by molar-refractivity contribution is -0.137. The Morgan fingerprint density at radius 3 is 2.86 bits per heavy atom. The average Bonchev–Trinajstić information content (AvgIpc) is 2.14. The van der Waals surface area contributed by atoms with Crippen molar-refractivity contribution in [3.63, 3.8) is 0 Å². The number of carboxylic acids is 1. The normalized spacial score (nSPS) is 12.4. The summed E-state index contributed by atoms with van der Waals surface area (Å²) < 4.78 is 0. The Labute approximate surface area is 83.6 Å². The summed E-state index contributed by atoms with van der Waals surface area (Å²) in [5.74, 6) is -0.798. The Morgan fingerprint density at radius 1 is 1.57 bits per heavy atom. The lowest BCUT2D eigenvalue weighted by Gasteiger charge is -2.10. The molecule has 0 aliphatic carbocycles. The number of aliphatic carboxylic acids is 1. The Morgan fingerprint density at radius 2 is 2.29 bits per heavy atom. The minimum atomic E-state index is -0.798.